The number of benzene rings is 1. The molecule has 2 saturated carbocycles. The molecular weight excluding hydrogens is 785 g/mol. The summed E-state index contributed by atoms with van der Waals surface area (Å²) in [5.41, 5.74) is 2.87. The number of quaternary nitrogens is 4. The van der Waals surface area contributed by atoms with Crippen LogP contribution in [-0.2, 0) is 16.0 Å². The molecule has 6 nitrogen and oxygen atoms in total. The minimum Gasteiger partial charge on any atom is -0.370 e. The average Bonchev–Trinajstić information content (AvgIpc) is 3.71. The number of likely N-dealkylation sites (tertiary alicyclic amines) is 2. The third-order valence-corrected chi connectivity index (χ3v) is 16.1. The Hall–Kier alpha value is -1.02. The summed E-state index contributed by atoms with van der Waals surface area (Å²) in [4.78, 5) is 3.64. The maximum absolute atomic E-state index is 5.44. The number of hydrogen-bond acceptors (Lipinski definition) is 2. The Kier molecular flexibility index (Phi) is 32.9. The minimum absolute atomic E-state index is 0. The molecule has 64 heavy (non-hydrogen) atoms. The Balaban J connectivity index is 0.000000819. The van der Waals surface area contributed by atoms with E-state index < -0.39 is 0 Å². The molecule has 0 aromatic heterocycles. The molecule has 4 saturated heterocycles. The summed E-state index contributed by atoms with van der Waals surface area (Å²) in [6.07, 6.45) is 20.7. The summed E-state index contributed by atoms with van der Waals surface area (Å²) in [6.45, 7) is 38.4. The van der Waals surface area contributed by atoms with Crippen LogP contribution in [0.3, 0.4) is 0 Å². The average molecular weight is 906 g/mol. The van der Waals surface area contributed by atoms with Crippen molar-refractivity contribution < 1.29 is 28.2 Å². The van der Waals surface area contributed by atoms with Crippen LogP contribution in [0.4, 0.5) is 0 Å². The number of hydrogen-bond donors (Lipinski definition) is 2. The van der Waals surface area contributed by atoms with E-state index in [4.69, 9.17) is 9.47 Å². The third-order valence-electron chi connectivity index (χ3n) is 16.1. The molecule has 0 radical (unpaired) electrons. The highest BCUT2D eigenvalue weighted by atomic mass is 16.5. The lowest BCUT2D eigenvalue weighted by Crippen LogP contribution is -3.14. The predicted molar refractivity (Wildman–Crippen MR) is 284 cm³/mol. The van der Waals surface area contributed by atoms with Gasteiger partial charge in [-0.3, -0.25) is 0 Å². The molecule has 6 aliphatic rings. The summed E-state index contributed by atoms with van der Waals surface area (Å²) in [6, 6.07) is 9.11. The first kappa shape index (κ1) is 63.0. The topological polar surface area (TPSA) is 27.3 Å². The molecule has 1 aromatic carbocycles. The van der Waals surface area contributed by atoms with Gasteiger partial charge in [0.1, 0.15) is 32.7 Å². The van der Waals surface area contributed by atoms with Gasteiger partial charge in [-0.15, -0.1) is 0 Å². The minimum atomic E-state index is 0. The summed E-state index contributed by atoms with van der Waals surface area (Å²) in [5, 5.41) is 0. The van der Waals surface area contributed by atoms with Crippen LogP contribution >= 0.6 is 0 Å². The van der Waals surface area contributed by atoms with Gasteiger partial charge < -0.3 is 28.2 Å². The van der Waals surface area contributed by atoms with Gasteiger partial charge in [0.15, 0.2) is 0 Å². The highest BCUT2D eigenvalue weighted by Gasteiger charge is 2.32. The quantitative estimate of drug-likeness (QED) is 0.205. The van der Waals surface area contributed by atoms with Crippen LogP contribution in [0.25, 0.3) is 0 Å². The van der Waals surface area contributed by atoms with E-state index >= 15 is 0 Å². The fourth-order valence-corrected chi connectivity index (χ4v) is 11.5. The van der Waals surface area contributed by atoms with Crippen molar-refractivity contribution in [3.05, 3.63) is 35.4 Å². The van der Waals surface area contributed by atoms with Crippen molar-refractivity contribution >= 4 is 0 Å². The van der Waals surface area contributed by atoms with Gasteiger partial charge in [-0.1, -0.05) is 109 Å². The molecule has 4 aliphatic heterocycles. The summed E-state index contributed by atoms with van der Waals surface area (Å²) >= 11 is 0. The molecular formula is C58H120N4O2+4. The fourth-order valence-electron chi connectivity index (χ4n) is 11.5. The molecule has 0 bridgehead atoms. The van der Waals surface area contributed by atoms with Crippen LogP contribution in [0.1, 0.15) is 192 Å². The van der Waals surface area contributed by atoms with Gasteiger partial charge in [-0.05, 0) is 131 Å². The van der Waals surface area contributed by atoms with E-state index in [1.54, 1.807) is 4.90 Å². The Morgan fingerprint density at radius 3 is 1.58 bits per heavy atom. The molecule has 6 heteroatoms. The van der Waals surface area contributed by atoms with Crippen molar-refractivity contribution in [3.63, 3.8) is 0 Å². The lowest BCUT2D eigenvalue weighted by Gasteiger charge is -2.42. The van der Waals surface area contributed by atoms with E-state index in [9.17, 15) is 0 Å². The molecule has 2 aliphatic carbocycles. The van der Waals surface area contributed by atoms with Gasteiger partial charge in [-0.25, -0.2) is 0 Å². The zero-order valence-electron chi connectivity index (χ0n) is 41.9. The van der Waals surface area contributed by atoms with Crippen LogP contribution in [0.15, 0.2) is 24.3 Å². The Bertz CT molecular complexity index is 1220. The number of piperidine rings is 2. The maximum Gasteiger partial charge on any atom is 0.104 e. The predicted octanol–water partition coefficient (Wildman–Crippen LogP) is 11.5. The number of morpholine rings is 2. The lowest BCUT2D eigenvalue weighted by atomic mass is 9.76. The molecule has 2 unspecified atom stereocenters. The molecule has 2 N–H and O–H groups in total. The summed E-state index contributed by atoms with van der Waals surface area (Å²) in [5.74, 6) is 7.40. The second-order valence-corrected chi connectivity index (χ2v) is 23.1. The summed E-state index contributed by atoms with van der Waals surface area (Å²) in [7, 11) is 4.84. The van der Waals surface area contributed by atoms with E-state index in [1.807, 2.05) is 4.90 Å². The number of nitrogens with one attached hydrogen (secondary N) is 2. The largest absolute Gasteiger partial charge is 0.370 e. The van der Waals surface area contributed by atoms with Crippen molar-refractivity contribution in [2.45, 2.75) is 187 Å². The third kappa shape index (κ3) is 24.3. The van der Waals surface area contributed by atoms with Crippen LogP contribution in [-0.4, -0.2) is 121 Å². The molecule has 1 aromatic rings. The molecule has 6 fully saturated rings. The van der Waals surface area contributed by atoms with Crippen LogP contribution in [0.5, 0.6) is 0 Å². The van der Waals surface area contributed by atoms with Crippen molar-refractivity contribution in [1.82, 2.24) is 0 Å². The Morgan fingerprint density at radius 2 is 1.06 bits per heavy atom. The number of ether oxygens (including phenoxy) is 2. The van der Waals surface area contributed by atoms with E-state index in [1.165, 1.54) is 164 Å². The van der Waals surface area contributed by atoms with Gasteiger partial charge >= 0.3 is 0 Å². The van der Waals surface area contributed by atoms with Crippen molar-refractivity contribution in [2.24, 2.45) is 41.4 Å². The van der Waals surface area contributed by atoms with Gasteiger partial charge in [0.25, 0.3) is 0 Å². The van der Waals surface area contributed by atoms with Crippen LogP contribution in [0, 0.1) is 41.4 Å². The molecule has 4 heterocycles. The lowest BCUT2D eigenvalue weighted by molar-refractivity contribution is -0.929. The van der Waals surface area contributed by atoms with E-state index in [0.29, 0.717) is 5.92 Å². The molecule has 2 atom stereocenters. The molecule has 7 rings (SSSR count). The van der Waals surface area contributed by atoms with E-state index in [2.05, 4.69) is 93.8 Å². The number of rotatable bonds is 12. The first-order chi connectivity index (χ1) is 28.7. The van der Waals surface area contributed by atoms with Crippen LogP contribution < -0.4 is 9.80 Å². The highest BCUT2D eigenvalue weighted by molar-refractivity contribution is 5.24. The van der Waals surface area contributed by atoms with Gasteiger partial charge in [-0.2, -0.15) is 0 Å². The molecule has 380 valence electrons. The zero-order valence-corrected chi connectivity index (χ0v) is 41.9. The Morgan fingerprint density at radius 1 is 0.547 bits per heavy atom. The van der Waals surface area contributed by atoms with Crippen molar-refractivity contribution in [2.75, 3.05) is 113 Å². The monoisotopic (exact) mass is 905 g/mol. The first-order valence-electron chi connectivity index (χ1n) is 26.3. The first-order valence-corrected chi connectivity index (χ1v) is 26.3. The van der Waals surface area contributed by atoms with Gasteiger partial charge in [0, 0.05) is 17.4 Å². The zero-order chi connectivity index (χ0) is 43.4. The second kappa shape index (κ2) is 33.5. The fraction of sp³-hybridized carbons (Fsp3) is 0.897. The Labute approximate surface area is 403 Å². The van der Waals surface area contributed by atoms with Crippen LogP contribution in [0.2, 0.25) is 0 Å². The normalized spacial score (nSPS) is 25.7. The number of nitrogens with zero attached hydrogens (tertiary/aromatic N) is 2. The SMILES string of the molecule is C.C.C.C.CC(C)C1CCC(C[N+]2(C)CCCCC2)CC1.CC(C)C1CCC(C[NH+]2CCOCC2)C1.CC(C)CC[NH+]1CCCCC1.CC(C)c1ccc(C[N+]2(C)CCOCC2)cc1. The maximum atomic E-state index is 5.44. The van der Waals surface area contributed by atoms with Crippen molar-refractivity contribution in [3.8, 4) is 0 Å². The second-order valence-electron chi connectivity index (χ2n) is 23.1. The van der Waals surface area contributed by atoms with E-state index in [-0.39, 0.29) is 29.7 Å². The van der Waals surface area contributed by atoms with Gasteiger partial charge in [0.05, 0.1) is 86.3 Å². The smallest absolute Gasteiger partial charge is 0.104 e. The number of likely N-dealkylation sites (N-methyl/N-ethyl adjacent to an activating group) is 1. The standard InChI is InChI=1S/C16H32N.C15H24NO.C13H25NO.C10H21N.4CH4/c1-14(2)16-9-7-15(8-10-16)13-17(3)11-5-4-6-12-17;1-13(2)15-6-4-14(5-7-15)12-16(3)8-10-17-11-9-16;1-11(2)13-4-3-12(9-13)10-14-5-7-15-8-6-14;1-10(2)6-9-11-7-4-3-5-8-11;;;;/h14-16H,4-13H2,1-3H3;4-7,13H,8-12H2,1-3H3;11-13H,3-10H2,1-2H3;10H,3-9H2,1-2H3;4*1H4/q2*+1;;;;;;/p+2. The van der Waals surface area contributed by atoms with Crippen molar-refractivity contribution in [1.29, 1.82) is 0 Å². The molecule has 0 spiro atoms. The molecule has 0 amide bonds. The van der Waals surface area contributed by atoms with Gasteiger partial charge in [0.2, 0.25) is 0 Å². The highest BCUT2D eigenvalue weighted by Crippen LogP contribution is 2.36. The summed E-state index contributed by atoms with van der Waals surface area (Å²) < 4.78 is 13.3. The van der Waals surface area contributed by atoms with E-state index in [0.717, 1.165) is 92.0 Å².